The lowest BCUT2D eigenvalue weighted by molar-refractivity contribution is 0.452. The van der Waals surface area contributed by atoms with Crippen LogP contribution in [0.3, 0.4) is 0 Å². The van der Waals surface area contributed by atoms with Crippen LogP contribution in [0.4, 0.5) is 0 Å². The molecule has 1 aromatic rings. The second-order valence-corrected chi connectivity index (χ2v) is 6.39. The van der Waals surface area contributed by atoms with E-state index in [1.54, 1.807) is 25.4 Å². The largest absolute Gasteiger partial charge is 0.325 e. The lowest BCUT2D eigenvalue weighted by atomic mass is 10.3. The van der Waals surface area contributed by atoms with Crippen molar-refractivity contribution >= 4 is 10.0 Å². The maximum atomic E-state index is 12.3. The smallest absolute Gasteiger partial charge is 0.244 e. The van der Waals surface area contributed by atoms with Gasteiger partial charge in [0.25, 0.3) is 0 Å². The zero-order valence-corrected chi connectivity index (χ0v) is 10.7. The van der Waals surface area contributed by atoms with Crippen molar-refractivity contribution in [1.82, 2.24) is 9.29 Å². The highest BCUT2D eigenvalue weighted by Crippen LogP contribution is 2.31. The van der Waals surface area contributed by atoms with E-state index in [1.165, 1.54) is 4.31 Å². The summed E-state index contributed by atoms with van der Waals surface area (Å²) in [5.74, 6) is 0.521. The van der Waals surface area contributed by atoms with Crippen molar-refractivity contribution in [1.29, 1.82) is 0 Å². The predicted molar refractivity (Wildman–Crippen MR) is 64.7 cm³/mol. The minimum absolute atomic E-state index is 0.132. The molecule has 2 N–H and O–H groups in total. The highest BCUT2D eigenvalue weighted by atomic mass is 32.2. The van der Waals surface area contributed by atoms with Gasteiger partial charge in [0.1, 0.15) is 4.90 Å². The van der Waals surface area contributed by atoms with Gasteiger partial charge in [-0.2, -0.15) is 0 Å². The average Bonchev–Trinajstić information content (AvgIpc) is 3.12. The van der Waals surface area contributed by atoms with Crippen LogP contribution in [-0.4, -0.2) is 31.3 Å². The highest BCUT2D eigenvalue weighted by Gasteiger charge is 2.30. The number of nitrogens with two attached hydrogens (primary N) is 1. The molecule has 5 nitrogen and oxygen atoms in total. The fraction of sp³-hybridized carbons (Fsp3) is 0.545. The Labute approximate surface area is 102 Å². The summed E-state index contributed by atoms with van der Waals surface area (Å²) in [6.45, 7) is 0.716. The number of nitrogens with zero attached hydrogens (tertiary/aromatic N) is 2. The topological polar surface area (TPSA) is 76.3 Å². The maximum absolute atomic E-state index is 12.3. The molecule has 6 heteroatoms. The minimum atomic E-state index is -3.45. The molecule has 1 fully saturated rings. The fourth-order valence-electron chi connectivity index (χ4n) is 1.74. The summed E-state index contributed by atoms with van der Waals surface area (Å²) in [7, 11) is -1.83. The molecule has 1 aliphatic rings. The minimum Gasteiger partial charge on any atom is -0.325 e. The number of rotatable bonds is 5. The molecular formula is C11H17N3O2S. The quantitative estimate of drug-likeness (QED) is 0.834. The monoisotopic (exact) mass is 255 g/mol. The third kappa shape index (κ3) is 2.65. The molecule has 0 amide bonds. The normalized spacial score (nSPS) is 16.4. The molecule has 17 heavy (non-hydrogen) atoms. The third-order valence-corrected chi connectivity index (χ3v) is 4.84. The molecule has 1 aromatic heterocycles. The summed E-state index contributed by atoms with van der Waals surface area (Å²) in [4.78, 5) is 4.24. The molecule has 0 unspecified atom stereocenters. The summed E-state index contributed by atoms with van der Waals surface area (Å²) in [6.07, 6.45) is 3.80. The van der Waals surface area contributed by atoms with Crippen molar-refractivity contribution in [2.75, 3.05) is 13.6 Å². The van der Waals surface area contributed by atoms with Crippen LogP contribution in [0.2, 0.25) is 0 Å². The molecule has 0 aliphatic heterocycles. The average molecular weight is 255 g/mol. The van der Waals surface area contributed by atoms with E-state index in [0.29, 0.717) is 18.2 Å². The van der Waals surface area contributed by atoms with E-state index in [1.807, 2.05) is 0 Å². The van der Waals surface area contributed by atoms with Crippen LogP contribution in [0.5, 0.6) is 0 Å². The van der Waals surface area contributed by atoms with Crippen molar-refractivity contribution in [3.63, 3.8) is 0 Å². The second-order valence-electron chi connectivity index (χ2n) is 4.38. The van der Waals surface area contributed by atoms with Gasteiger partial charge in [-0.3, -0.25) is 4.98 Å². The zero-order valence-electron chi connectivity index (χ0n) is 9.83. The van der Waals surface area contributed by atoms with Crippen molar-refractivity contribution in [3.8, 4) is 0 Å². The Balaban J connectivity index is 2.29. The van der Waals surface area contributed by atoms with E-state index >= 15 is 0 Å². The zero-order chi connectivity index (χ0) is 12.5. The number of hydrogen-bond donors (Lipinski definition) is 1. The van der Waals surface area contributed by atoms with E-state index in [0.717, 1.165) is 12.8 Å². The molecular weight excluding hydrogens is 238 g/mol. The van der Waals surface area contributed by atoms with Crippen molar-refractivity contribution < 1.29 is 8.42 Å². The van der Waals surface area contributed by atoms with Crippen molar-refractivity contribution in [3.05, 3.63) is 24.0 Å². The molecule has 0 aromatic carbocycles. The Kier molecular flexibility index (Phi) is 3.46. The van der Waals surface area contributed by atoms with Crippen LogP contribution in [0.25, 0.3) is 0 Å². The van der Waals surface area contributed by atoms with Gasteiger partial charge in [0, 0.05) is 26.3 Å². The van der Waals surface area contributed by atoms with Crippen LogP contribution in [-0.2, 0) is 16.6 Å². The Morgan fingerprint density at radius 2 is 2.24 bits per heavy atom. The number of pyridine rings is 1. The molecule has 0 atom stereocenters. The summed E-state index contributed by atoms with van der Waals surface area (Å²) >= 11 is 0. The van der Waals surface area contributed by atoms with Gasteiger partial charge >= 0.3 is 0 Å². The molecule has 0 saturated heterocycles. The van der Waals surface area contributed by atoms with Gasteiger partial charge in [-0.05, 0) is 30.9 Å². The summed E-state index contributed by atoms with van der Waals surface area (Å²) in [6, 6.07) is 3.19. The van der Waals surface area contributed by atoms with Gasteiger partial charge in [0.05, 0.1) is 5.69 Å². The molecule has 1 heterocycles. The fourth-order valence-corrected chi connectivity index (χ4v) is 3.17. The predicted octanol–water partition coefficient (Wildman–Crippen LogP) is 0.571. The SMILES string of the molecule is CN(CC1CC1)S(=O)(=O)c1cccnc1CN. The Hall–Kier alpha value is -0.980. The Morgan fingerprint density at radius 1 is 1.53 bits per heavy atom. The van der Waals surface area contributed by atoms with Gasteiger partial charge < -0.3 is 5.73 Å². The van der Waals surface area contributed by atoms with Crippen LogP contribution in [0.15, 0.2) is 23.2 Å². The van der Waals surface area contributed by atoms with E-state index < -0.39 is 10.0 Å². The van der Waals surface area contributed by atoms with E-state index in [2.05, 4.69) is 4.98 Å². The molecule has 94 valence electrons. The maximum Gasteiger partial charge on any atom is 0.244 e. The van der Waals surface area contributed by atoms with E-state index in [4.69, 9.17) is 5.73 Å². The first-order chi connectivity index (χ1) is 8.05. The second kappa shape index (κ2) is 4.72. The van der Waals surface area contributed by atoms with Gasteiger partial charge in [0.2, 0.25) is 10.0 Å². The summed E-state index contributed by atoms with van der Waals surface area (Å²) < 4.78 is 26.0. The lowest BCUT2D eigenvalue weighted by Gasteiger charge is -2.18. The van der Waals surface area contributed by atoms with Gasteiger partial charge in [-0.15, -0.1) is 0 Å². The third-order valence-electron chi connectivity index (χ3n) is 2.94. The highest BCUT2D eigenvalue weighted by molar-refractivity contribution is 7.89. The van der Waals surface area contributed by atoms with Gasteiger partial charge in [0.15, 0.2) is 0 Å². The van der Waals surface area contributed by atoms with Crippen LogP contribution in [0, 0.1) is 5.92 Å². The summed E-state index contributed by atoms with van der Waals surface area (Å²) in [5, 5.41) is 0. The van der Waals surface area contributed by atoms with Crippen molar-refractivity contribution in [2.24, 2.45) is 11.7 Å². The first kappa shape index (κ1) is 12.5. The molecule has 0 bridgehead atoms. The first-order valence-electron chi connectivity index (χ1n) is 5.66. The van der Waals surface area contributed by atoms with E-state index in [-0.39, 0.29) is 11.4 Å². The number of aromatic nitrogens is 1. The first-order valence-corrected chi connectivity index (χ1v) is 7.10. The summed E-state index contributed by atoms with van der Waals surface area (Å²) in [5.41, 5.74) is 5.94. The lowest BCUT2D eigenvalue weighted by Crippen LogP contribution is -2.30. The standard InChI is InChI=1S/C11H17N3O2S/c1-14(8-9-4-5-9)17(15,16)11-3-2-6-13-10(11)7-12/h2-3,6,9H,4-5,7-8,12H2,1H3. The molecule has 2 rings (SSSR count). The van der Waals surface area contributed by atoms with Crippen LogP contribution in [0.1, 0.15) is 18.5 Å². The Bertz CT molecular complexity index is 497. The van der Waals surface area contributed by atoms with Crippen LogP contribution < -0.4 is 5.73 Å². The molecule has 0 spiro atoms. The number of sulfonamides is 1. The molecule has 1 saturated carbocycles. The number of hydrogen-bond acceptors (Lipinski definition) is 4. The van der Waals surface area contributed by atoms with Gasteiger partial charge in [-0.25, -0.2) is 12.7 Å². The Morgan fingerprint density at radius 3 is 2.82 bits per heavy atom. The van der Waals surface area contributed by atoms with Gasteiger partial charge in [-0.1, -0.05) is 0 Å². The molecule has 1 aliphatic carbocycles. The van der Waals surface area contributed by atoms with E-state index in [9.17, 15) is 8.42 Å². The van der Waals surface area contributed by atoms with Crippen LogP contribution >= 0.6 is 0 Å². The van der Waals surface area contributed by atoms with Crippen molar-refractivity contribution in [2.45, 2.75) is 24.3 Å². The molecule has 0 radical (unpaired) electrons.